The lowest BCUT2D eigenvalue weighted by Crippen LogP contribution is -2.42. The summed E-state index contributed by atoms with van der Waals surface area (Å²) in [7, 11) is 1.71. The molecule has 0 aromatic heterocycles. The Morgan fingerprint density at radius 1 is 1.35 bits per heavy atom. The van der Waals surface area contributed by atoms with Crippen molar-refractivity contribution in [2.75, 3.05) is 26.7 Å². The predicted molar refractivity (Wildman–Crippen MR) is 82.7 cm³/mol. The second-order valence-corrected chi connectivity index (χ2v) is 5.50. The lowest BCUT2D eigenvalue weighted by Gasteiger charge is -2.31. The van der Waals surface area contributed by atoms with Crippen LogP contribution in [0.4, 0.5) is 0 Å². The third kappa shape index (κ3) is 3.97. The average Bonchev–Trinajstić information content (AvgIpc) is 2.49. The molecule has 1 unspecified atom stereocenters. The van der Waals surface area contributed by atoms with Crippen LogP contribution in [0.15, 0.2) is 35.3 Å². The molecule has 1 aromatic carbocycles. The van der Waals surface area contributed by atoms with Crippen molar-refractivity contribution in [2.24, 2.45) is 16.6 Å². The summed E-state index contributed by atoms with van der Waals surface area (Å²) < 4.78 is 5.51. The maximum atomic E-state index is 6.10. The van der Waals surface area contributed by atoms with Crippen LogP contribution in [0.25, 0.3) is 0 Å². The molecule has 2 rings (SSSR count). The van der Waals surface area contributed by atoms with Gasteiger partial charge in [-0.05, 0) is 24.3 Å². The van der Waals surface area contributed by atoms with Crippen molar-refractivity contribution in [2.45, 2.75) is 25.9 Å². The van der Waals surface area contributed by atoms with Crippen molar-refractivity contribution in [3.05, 3.63) is 35.9 Å². The second-order valence-electron chi connectivity index (χ2n) is 5.50. The maximum absolute atomic E-state index is 6.10. The van der Waals surface area contributed by atoms with Crippen molar-refractivity contribution in [1.82, 2.24) is 4.90 Å². The minimum atomic E-state index is -0.0292. The number of hydrogen-bond donors (Lipinski definition) is 1. The van der Waals surface area contributed by atoms with Gasteiger partial charge >= 0.3 is 0 Å². The van der Waals surface area contributed by atoms with E-state index in [4.69, 9.17) is 10.5 Å². The fourth-order valence-electron chi connectivity index (χ4n) is 2.50. The average molecular weight is 275 g/mol. The van der Waals surface area contributed by atoms with E-state index in [1.54, 1.807) is 7.11 Å². The highest BCUT2D eigenvalue weighted by atomic mass is 16.5. The smallest absolute Gasteiger partial charge is 0.191 e. The van der Waals surface area contributed by atoms with Crippen LogP contribution >= 0.6 is 0 Å². The minimum absolute atomic E-state index is 0.0292. The molecular weight excluding hydrogens is 250 g/mol. The molecule has 1 atom stereocenters. The van der Waals surface area contributed by atoms with E-state index in [0.29, 0.717) is 12.5 Å². The van der Waals surface area contributed by atoms with Crippen molar-refractivity contribution >= 4 is 5.96 Å². The Labute approximate surface area is 121 Å². The molecule has 1 saturated heterocycles. The molecule has 4 heteroatoms. The zero-order chi connectivity index (χ0) is 14.4. The molecule has 20 heavy (non-hydrogen) atoms. The Kier molecular flexibility index (Phi) is 5.41. The van der Waals surface area contributed by atoms with Crippen LogP contribution in [-0.4, -0.2) is 37.6 Å². The highest BCUT2D eigenvalue weighted by molar-refractivity contribution is 5.78. The van der Waals surface area contributed by atoms with Gasteiger partial charge in [0.05, 0.1) is 6.54 Å². The van der Waals surface area contributed by atoms with Crippen LogP contribution in [0.3, 0.4) is 0 Å². The number of likely N-dealkylation sites (tertiary alicyclic amines) is 1. The van der Waals surface area contributed by atoms with Crippen LogP contribution in [0.1, 0.15) is 31.4 Å². The SMILES string of the molecule is COC(CN=C(N)N1CCC(C)CC1)c1ccccc1. The molecular formula is C16H25N3O. The summed E-state index contributed by atoms with van der Waals surface area (Å²) in [6.07, 6.45) is 2.36. The Bertz CT molecular complexity index is 425. The van der Waals surface area contributed by atoms with Gasteiger partial charge in [-0.3, -0.25) is 4.99 Å². The van der Waals surface area contributed by atoms with E-state index in [9.17, 15) is 0 Å². The minimum Gasteiger partial charge on any atom is -0.375 e. The summed E-state index contributed by atoms with van der Waals surface area (Å²) in [6, 6.07) is 10.1. The molecule has 1 aliphatic heterocycles. The number of rotatable bonds is 4. The molecule has 1 fully saturated rings. The van der Waals surface area contributed by atoms with Gasteiger partial charge in [-0.1, -0.05) is 37.3 Å². The Morgan fingerprint density at radius 2 is 2.00 bits per heavy atom. The van der Waals surface area contributed by atoms with Gasteiger partial charge in [0.2, 0.25) is 0 Å². The molecule has 2 N–H and O–H groups in total. The maximum Gasteiger partial charge on any atom is 0.191 e. The van der Waals surface area contributed by atoms with Crippen LogP contribution in [-0.2, 0) is 4.74 Å². The number of nitrogens with two attached hydrogens (primary N) is 1. The normalized spacial score (nSPS) is 19.1. The van der Waals surface area contributed by atoms with Gasteiger partial charge in [-0.25, -0.2) is 0 Å². The third-order valence-electron chi connectivity index (χ3n) is 3.98. The zero-order valence-corrected chi connectivity index (χ0v) is 12.5. The van der Waals surface area contributed by atoms with Crippen LogP contribution in [0.5, 0.6) is 0 Å². The molecule has 0 bridgehead atoms. The molecule has 0 saturated carbocycles. The Hall–Kier alpha value is -1.55. The summed E-state index contributed by atoms with van der Waals surface area (Å²) in [6.45, 7) is 4.89. The fourth-order valence-corrected chi connectivity index (χ4v) is 2.50. The quantitative estimate of drug-likeness (QED) is 0.678. The molecule has 1 heterocycles. The summed E-state index contributed by atoms with van der Waals surface area (Å²) in [5.41, 5.74) is 7.23. The number of guanidine groups is 1. The lowest BCUT2D eigenvalue weighted by atomic mass is 10.00. The number of hydrogen-bond acceptors (Lipinski definition) is 2. The molecule has 0 radical (unpaired) electrons. The molecule has 1 aliphatic rings. The van der Waals surface area contributed by atoms with E-state index in [2.05, 4.69) is 28.9 Å². The van der Waals surface area contributed by atoms with Gasteiger partial charge in [-0.15, -0.1) is 0 Å². The monoisotopic (exact) mass is 275 g/mol. The first kappa shape index (κ1) is 14.9. The highest BCUT2D eigenvalue weighted by Crippen LogP contribution is 2.18. The summed E-state index contributed by atoms with van der Waals surface area (Å²) in [5.74, 6) is 1.45. The third-order valence-corrected chi connectivity index (χ3v) is 3.98. The summed E-state index contributed by atoms with van der Waals surface area (Å²) >= 11 is 0. The van der Waals surface area contributed by atoms with Crippen molar-refractivity contribution < 1.29 is 4.74 Å². The summed E-state index contributed by atoms with van der Waals surface area (Å²) in [5, 5.41) is 0. The first-order valence-electron chi connectivity index (χ1n) is 7.33. The standard InChI is InChI=1S/C16H25N3O/c1-13-8-10-19(11-9-13)16(17)18-12-15(20-2)14-6-4-3-5-7-14/h3-7,13,15H,8-12H2,1-2H3,(H2,17,18). The second kappa shape index (κ2) is 7.29. The van der Waals surface area contributed by atoms with Crippen molar-refractivity contribution in [3.63, 3.8) is 0 Å². The highest BCUT2D eigenvalue weighted by Gasteiger charge is 2.17. The topological polar surface area (TPSA) is 50.9 Å². The van der Waals surface area contributed by atoms with Gasteiger partial charge in [0.25, 0.3) is 0 Å². The largest absolute Gasteiger partial charge is 0.375 e. The van der Waals surface area contributed by atoms with Crippen LogP contribution in [0, 0.1) is 5.92 Å². The van der Waals surface area contributed by atoms with E-state index in [-0.39, 0.29) is 6.10 Å². The Morgan fingerprint density at radius 3 is 2.60 bits per heavy atom. The van der Waals surface area contributed by atoms with E-state index in [1.165, 1.54) is 12.8 Å². The number of nitrogens with zero attached hydrogens (tertiary/aromatic N) is 2. The molecule has 1 aromatic rings. The number of aliphatic imine (C=N–C) groups is 1. The van der Waals surface area contributed by atoms with Crippen molar-refractivity contribution in [1.29, 1.82) is 0 Å². The lowest BCUT2D eigenvalue weighted by molar-refractivity contribution is 0.110. The van der Waals surface area contributed by atoms with Crippen LogP contribution in [0.2, 0.25) is 0 Å². The van der Waals surface area contributed by atoms with E-state index < -0.39 is 0 Å². The van der Waals surface area contributed by atoms with Gasteiger partial charge in [-0.2, -0.15) is 0 Å². The van der Waals surface area contributed by atoms with Gasteiger partial charge in [0.15, 0.2) is 5.96 Å². The molecule has 0 spiro atoms. The summed E-state index contributed by atoms with van der Waals surface area (Å²) in [4.78, 5) is 6.69. The first-order chi connectivity index (χ1) is 9.70. The number of methoxy groups -OCH3 is 1. The first-order valence-corrected chi connectivity index (χ1v) is 7.33. The van der Waals surface area contributed by atoms with Gasteiger partial charge < -0.3 is 15.4 Å². The van der Waals surface area contributed by atoms with E-state index in [1.807, 2.05) is 18.2 Å². The Balaban J connectivity index is 1.93. The van der Waals surface area contributed by atoms with Gasteiger partial charge in [0.1, 0.15) is 6.10 Å². The zero-order valence-electron chi connectivity index (χ0n) is 12.5. The fraction of sp³-hybridized carbons (Fsp3) is 0.562. The van der Waals surface area contributed by atoms with E-state index in [0.717, 1.165) is 24.6 Å². The van der Waals surface area contributed by atoms with Crippen molar-refractivity contribution in [3.8, 4) is 0 Å². The molecule has 0 amide bonds. The molecule has 0 aliphatic carbocycles. The molecule has 4 nitrogen and oxygen atoms in total. The van der Waals surface area contributed by atoms with Crippen LogP contribution < -0.4 is 5.73 Å². The number of piperidine rings is 1. The number of benzene rings is 1. The molecule has 110 valence electrons. The number of ether oxygens (including phenoxy) is 1. The van der Waals surface area contributed by atoms with Gasteiger partial charge in [0, 0.05) is 20.2 Å². The predicted octanol–water partition coefficient (Wildman–Crippen LogP) is 2.42. The van der Waals surface area contributed by atoms with E-state index >= 15 is 0 Å².